The van der Waals surface area contributed by atoms with E-state index in [0.717, 1.165) is 36.4 Å². The van der Waals surface area contributed by atoms with Gasteiger partial charge in [-0.15, -0.1) is 0 Å². The maximum Gasteiger partial charge on any atom is 0.209 e. The minimum atomic E-state index is 0.257. The van der Waals surface area contributed by atoms with E-state index in [1.807, 2.05) is 31.3 Å². The Bertz CT molecular complexity index is 793. The van der Waals surface area contributed by atoms with Crippen molar-refractivity contribution in [1.82, 2.24) is 4.90 Å². The molecular weight excluding hydrogens is 401 g/mol. The van der Waals surface area contributed by atoms with Crippen LogP contribution in [0.3, 0.4) is 0 Å². The molecule has 0 heterocycles. The van der Waals surface area contributed by atoms with Crippen LogP contribution in [0.1, 0.15) is 42.7 Å². The van der Waals surface area contributed by atoms with Crippen molar-refractivity contribution in [2.75, 3.05) is 13.6 Å². The zero-order chi connectivity index (χ0) is 19.6. The summed E-state index contributed by atoms with van der Waals surface area (Å²) in [7, 11) is 1.84. The van der Waals surface area contributed by atoms with Gasteiger partial charge >= 0.3 is 0 Å². The number of benzene rings is 2. The smallest absolute Gasteiger partial charge is 0.209 e. The third kappa shape index (κ3) is 4.62. The predicted molar refractivity (Wildman–Crippen MR) is 114 cm³/mol. The van der Waals surface area contributed by atoms with Crippen LogP contribution >= 0.6 is 34.8 Å². The fourth-order valence-electron chi connectivity index (χ4n) is 4.47. The fraction of sp³-hybridized carbons (Fsp3) is 0.409. The van der Waals surface area contributed by atoms with E-state index in [1.165, 1.54) is 5.56 Å². The number of halogens is 3. The highest BCUT2D eigenvalue weighted by molar-refractivity contribution is 6.35. The van der Waals surface area contributed by atoms with Gasteiger partial charge in [-0.25, -0.2) is 0 Å². The molecule has 1 fully saturated rings. The Morgan fingerprint density at radius 1 is 1.04 bits per heavy atom. The lowest BCUT2D eigenvalue weighted by atomic mass is 9.62. The quantitative estimate of drug-likeness (QED) is 0.492. The zero-order valence-corrected chi connectivity index (χ0v) is 17.8. The molecule has 4 atom stereocenters. The first-order valence-corrected chi connectivity index (χ1v) is 10.4. The van der Waals surface area contributed by atoms with Crippen LogP contribution in [0.2, 0.25) is 15.1 Å². The Kier molecular flexibility index (Phi) is 6.73. The van der Waals surface area contributed by atoms with Crippen LogP contribution in [0, 0.1) is 11.8 Å². The van der Waals surface area contributed by atoms with Gasteiger partial charge in [0.25, 0.3) is 0 Å². The lowest BCUT2D eigenvalue weighted by molar-refractivity contribution is -0.118. The molecule has 0 aromatic heterocycles. The third-order valence-corrected chi connectivity index (χ3v) is 6.67. The summed E-state index contributed by atoms with van der Waals surface area (Å²) in [6.45, 7) is 3.01. The van der Waals surface area contributed by atoms with Crippen molar-refractivity contribution < 1.29 is 4.79 Å². The first-order chi connectivity index (χ1) is 12.9. The minimum Gasteiger partial charge on any atom is -0.348 e. The summed E-state index contributed by atoms with van der Waals surface area (Å²) in [5, 5.41) is 2.09. The average molecular weight is 425 g/mol. The Balaban J connectivity index is 2.06. The molecule has 5 heteroatoms. The van der Waals surface area contributed by atoms with Gasteiger partial charge in [-0.2, -0.15) is 0 Å². The van der Waals surface area contributed by atoms with Crippen LogP contribution in [0.25, 0.3) is 0 Å². The average Bonchev–Trinajstić information content (AvgIpc) is 2.64. The highest BCUT2D eigenvalue weighted by atomic mass is 35.5. The monoisotopic (exact) mass is 423 g/mol. The summed E-state index contributed by atoms with van der Waals surface area (Å²) in [5.74, 6) is 1.38. The van der Waals surface area contributed by atoms with Gasteiger partial charge in [0.1, 0.15) is 0 Å². The molecule has 1 saturated carbocycles. The number of carbonyl (C=O) groups is 1. The normalized spacial score (nSPS) is 25.2. The first kappa shape index (κ1) is 20.5. The second-order valence-corrected chi connectivity index (χ2v) is 8.89. The maximum absolute atomic E-state index is 11.3. The molecule has 27 heavy (non-hydrogen) atoms. The molecular formula is C22H24Cl3NO. The molecule has 0 bridgehead atoms. The van der Waals surface area contributed by atoms with Gasteiger partial charge < -0.3 is 4.90 Å². The number of rotatable bonds is 5. The van der Waals surface area contributed by atoms with E-state index in [9.17, 15) is 4.79 Å². The molecule has 0 spiro atoms. The largest absolute Gasteiger partial charge is 0.348 e. The molecule has 1 aliphatic carbocycles. The topological polar surface area (TPSA) is 20.3 Å². The molecule has 0 radical (unpaired) electrons. The highest BCUT2D eigenvalue weighted by Gasteiger charge is 2.40. The summed E-state index contributed by atoms with van der Waals surface area (Å²) in [5.41, 5.74) is 2.37. The van der Waals surface area contributed by atoms with Crippen LogP contribution in [-0.4, -0.2) is 24.9 Å². The Morgan fingerprint density at radius 3 is 2.33 bits per heavy atom. The van der Waals surface area contributed by atoms with Gasteiger partial charge in [0.05, 0.1) is 0 Å². The summed E-state index contributed by atoms with van der Waals surface area (Å²) < 4.78 is 0. The second kappa shape index (κ2) is 8.86. The van der Waals surface area contributed by atoms with E-state index in [1.54, 1.807) is 4.90 Å². The van der Waals surface area contributed by atoms with Crippen molar-refractivity contribution in [3.63, 3.8) is 0 Å². The lowest BCUT2D eigenvalue weighted by Gasteiger charge is -2.44. The first-order valence-electron chi connectivity index (χ1n) is 9.26. The molecule has 0 aliphatic heterocycles. The van der Waals surface area contributed by atoms with Gasteiger partial charge in [-0.1, -0.05) is 59.9 Å². The molecule has 3 rings (SSSR count). The number of carbonyl (C=O) groups excluding carboxylic acids is 1. The van der Waals surface area contributed by atoms with E-state index >= 15 is 0 Å². The third-order valence-electron chi connectivity index (χ3n) is 5.85. The Hall–Kier alpha value is -1.22. The van der Waals surface area contributed by atoms with Gasteiger partial charge in [0, 0.05) is 28.7 Å². The van der Waals surface area contributed by atoms with Gasteiger partial charge in [0.2, 0.25) is 6.41 Å². The van der Waals surface area contributed by atoms with Crippen LogP contribution in [0.15, 0.2) is 42.5 Å². The number of amides is 1. The number of hydrogen-bond donors (Lipinski definition) is 0. The van der Waals surface area contributed by atoms with Crippen LogP contribution < -0.4 is 0 Å². The molecule has 4 unspecified atom stereocenters. The molecule has 0 N–H and O–H groups in total. The lowest BCUT2D eigenvalue weighted by Crippen LogP contribution is -2.38. The van der Waals surface area contributed by atoms with E-state index in [-0.39, 0.29) is 11.8 Å². The molecule has 2 aromatic rings. The second-order valence-electron chi connectivity index (χ2n) is 7.61. The van der Waals surface area contributed by atoms with Crippen molar-refractivity contribution in [2.24, 2.45) is 11.8 Å². The summed E-state index contributed by atoms with van der Waals surface area (Å²) in [6, 6.07) is 13.9. The van der Waals surface area contributed by atoms with Gasteiger partial charge in [-0.05, 0) is 71.9 Å². The van der Waals surface area contributed by atoms with Crippen LogP contribution in [-0.2, 0) is 4.79 Å². The van der Waals surface area contributed by atoms with Crippen molar-refractivity contribution in [3.8, 4) is 0 Å². The summed E-state index contributed by atoms with van der Waals surface area (Å²) in [6.07, 6.45) is 3.06. The summed E-state index contributed by atoms with van der Waals surface area (Å²) in [4.78, 5) is 13.0. The predicted octanol–water partition coefficient (Wildman–Crippen LogP) is 6.65. The van der Waals surface area contributed by atoms with Crippen LogP contribution in [0.5, 0.6) is 0 Å². The molecule has 2 nitrogen and oxygen atoms in total. The summed E-state index contributed by atoms with van der Waals surface area (Å²) >= 11 is 18.8. The van der Waals surface area contributed by atoms with Crippen molar-refractivity contribution in [3.05, 3.63) is 68.7 Å². The zero-order valence-electron chi connectivity index (χ0n) is 15.5. The number of hydrogen-bond acceptors (Lipinski definition) is 1. The van der Waals surface area contributed by atoms with E-state index in [2.05, 4.69) is 25.1 Å². The van der Waals surface area contributed by atoms with Gasteiger partial charge in [0.15, 0.2) is 0 Å². The maximum atomic E-state index is 11.3. The Labute approximate surface area is 176 Å². The molecule has 2 aromatic carbocycles. The van der Waals surface area contributed by atoms with E-state index in [0.29, 0.717) is 21.9 Å². The van der Waals surface area contributed by atoms with Crippen molar-refractivity contribution >= 4 is 41.2 Å². The van der Waals surface area contributed by atoms with Crippen LogP contribution in [0.4, 0.5) is 0 Å². The highest BCUT2D eigenvalue weighted by Crippen LogP contribution is 2.51. The van der Waals surface area contributed by atoms with E-state index in [4.69, 9.17) is 34.8 Å². The van der Waals surface area contributed by atoms with Crippen molar-refractivity contribution in [1.29, 1.82) is 0 Å². The number of nitrogens with zero attached hydrogens (tertiary/aromatic N) is 1. The Morgan fingerprint density at radius 2 is 1.70 bits per heavy atom. The molecule has 144 valence electrons. The van der Waals surface area contributed by atoms with Gasteiger partial charge in [-0.3, -0.25) is 4.79 Å². The molecule has 1 amide bonds. The fourth-order valence-corrected chi connectivity index (χ4v) is 5.15. The van der Waals surface area contributed by atoms with Crippen molar-refractivity contribution in [2.45, 2.75) is 31.6 Å². The minimum absolute atomic E-state index is 0.257. The molecule has 0 saturated heterocycles. The molecule has 1 aliphatic rings. The SMILES string of the molecule is CC1CCC(c2ccc(Cl)cc2Cl)C(c2ccc(Cl)cc2)C1CN(C)C=O. The van der Waals surface area contributed by atoms with E-state index < -0.39 is 0 Å². The standard InChI is InChI=1S/C22H24Cl3NO/c1-14-3-9-19(18-10-8-17(24)11-21(18)25)22(20(14)12-26(2)13-27)15-4-6-16(23)7-5-15/h4-8,10-11,13-14,19-20,22H,3,9,12H2,1-2H3.